The smallest absolute Gasteiger partial charge is 0.337 e. The number of benzene rings is 1. The first-order chi connectivity index (χ1) is 8.08. The molecule has 0 aromatic heterocycles. The number of carboxylic acids is 1. The standard InChI is InChI=1S/C12H16N2O3/c1-7-11(4-5-17-7)14-8-2-3-9(12(15)16)10(13)6-8/h2-3,6-7,11,14H,4-5,13H2,1H3,(H,15,16). The van der Waals surface area contributed by atoms with Crippen molar-refractivity contribution in [2.75, 3.05) is 17.7 Å². The molecule has 0 amide bonds. The van der Waals surface area contributed by atoms with Crippen LogP contribution < -0.4 is 11.1 Å². The zero-order chi connectivity index (χ0) is 12.4. The van der Waals surface area contributed by atoms with Gasteiger partial charge in [-0.05, 0) is 31.5 Å². The predicted octanol–water partition coefficient (Wildman–Crippen LogP) is 1.56. The molecule has 2 atom stereocenters. The van der Waals surface area contributed by atoms with Crippen molar-refractivity contribution in [3.63, 3.8) is 0 Å². The van der Waals surface area contributed by atoms with Crippen molar-refractivity contribution in [1.29, 1.82) is 0 Å². The van der Waals surface area contributed by atoms with Gasteiger partial charge in [0.25, 0.3) is 0 Å². The molecule has 2 unspecified atom stereocenters. The fourth-order valence-electron chi connectivity index (χ4n) is 1.98. The number of carbonyl (C=O) groups is 1. The fraction of sp³-hybridized carbons (Fsp3) is 0.417. The van der Waals surface area contributed by atoms with Crippen LogP contribution in [0, 0.1) is 0 Å². The third-order valence-electron chi connectivity index (χ3n) is 3.01. The Bertz CT molecular complexity index is 434. The fourth-order valence-corrected chi connectivity index (χ4v) is 1.98. The van der Waals surface area contributed by atoms with Crippen molar-refractivity contribution in [3.8, 4) is 0 Å². The highest BCUT2D eigenvalue weighted by atomic mass is 16.5. The Labute approximate surface area is 99.6 Å². The molecule has 1 saturated heterocycles. The number of hydrogen-bond donors (Lipinski definition) is 3. The van der Waals surface area contributed by atoms with E-state index in [2.05, 4.69) is 5.32 Å². The summed E-state index contributed by atoms with van der Waals surface area (Å²) in [6.07, 6.45) is 1.11. The molecule has 92 valence electrons. The Morgan fingerprint density at radius 1 is 1.59 bits per heavy atom. The van der Waals surface area contributed by atoms with Gasteiger partial charge in [0, 0.05) is 18.0 Å². The summed E-state index contributed by atoms with van der Waals surface area (Å²) in [6, 6.07) is 5.14. The summed E-state index contributed by atoms with van der Waals surface area (Å²) < 4.78 is 5.44. The maximum absolute atomic E-state index is 10.8. The first kappa shape index (κ1) is 11.7. The summed E-state index contributed by atoms with van der Waals surface area (Å²) in [5.74, 6) is -1.01. The molecule has 1 aliphatic rings. The van der Waals surface area contributed by atoms with E-state index in [-0.39, 0.29) is 23.4 Å². The molecule has 0 radical (unpaired) electrons. The first-order valence-electron chi connectivity index (χ1n) is 5.59. The molecule has 5 nitrogen and oxygen atoms in total. The van der Waals surface area contributed by atoms with E-state index in [4.69, 9.17) is 15.6 Å². The summed E-state index contributed by atoms with van der Waals surface area (Å²) >= 11 is 0. The van der Waals surface area contributed by atoms with E-state index in [9.17, 15) is 4.79 Å². The summed E-state index contributed by atoms with van der Waals surface area (Å²) in [4.78, 5) is 10.8. The molecular formula is C12H16N2O3. The van der Waals surface area contributed by atoms with Crippen LogP contribution in [-0.2, 0) is 4.74 Å². The number of rotatable bonds is 3. The lowest BCUT2D eigenvalue weighted by molar-refractivity contribution is 0.0698. The normalized spacial score (nSPS) is 23.6. The van der Waals surface area contributed by atoms with Crippen molar-refractivity contribution in [3.05, 3.63) is 23.8 Å². The number of carboxylic acid groups (broad SMARTS) is 1. The van der Waals surface area contributed by atoms with Gasteiger partial charge in [0.05, 0.1) is 17.7 Å². The maximum atomic E-state index is 10.8. The van der Waals surface area contributed by atoms with Gasteiger partial charge in [0.15, 0.2) is 0 Å². The lowest BCUT2D eigenvalue weighted by Crippen LogP contribution is -2.26. The van der Waals surface area contributed by atoms with Crippen LogP contribution in [0.4, 0.5) is 11.4 Å². The summed E-state index contributed by atoms with van der Waals surface area (Å²) in [7, 11) is 0. The molecule has 0 spiro atoms. The predicted molar refractivity (Wildman–Crippen MR) is 65.3 cm³/mol. The van der Waals surface area contributed by atoms with E-state index in [1.807, 2.05) is 6.92 Å². The van der Waals surface area contributed by atoms with Gasteiger partial charge in [-0.3, -0.25) is 0 Å². The van der Waals surface area contributed by atoms with Gasteiger partial charge < -0.3 is 20.9 Å². The molecule has 2 rings (SSSR count). The molecule has 17 heavy (non-hydrogen) atoms. The van der Waals surface area contributed by atoms with E-state index in [1.54, 1.807) is 12.1 Å². The zero-order valence-electron chi connectivity index (χ0n) is 9.64. The van der Waals surface area contributed by atoms with E-state index in [1.165, 1.54) is 6.07 Å². The van der Waals surface area contributed by atoms with Crippen molar-refractivity contribution in [2.24, 2.45) is 0 Å². The Balaban J connectivity index is 2.12. The molecular weight excluding hydrogens is 220 g/mol. The second kappa shape index (κ2) is 4.63. The largest absolute Gasteiger partial charge is 0.478 e. The van der Waals surface area contributed by atoms with Crippen molar-refractivity contribution in [2.45, 2.75) is 25.5 Å². The number of aromatic carboxylic acids is 1. The van der Waals surface area contributed by atoms with Gasteiger partial charge in [-0.1, -0.05) is 0 Å². The van der Waals surface area contributed by atoms with Crippen LogP contribution in [0.5, 0.6) is 0 Å². The highest BCUT2D eigenvalue weighted by Crippen LogP contribution is 2.22. The minimum absolute atomic E-state index is 0.131. The third-order valence-corrected chi connectivity index (χ3v) is 3.01. The van der Waals surface area contributed by atoms with Crippen LogP contribution in [0.1, 0.15) is 23.7 Å². The van der Waals surface area contributed by atoms with Gasteiger partial charge in [-0.15, -0.1) is 0 Å². The van der Waals surface area contributed by atoms with Crippen LogP contribution in [0.15, 0.2) is 18.2 Å². The van der Waals surface area contributed by atoms with Gasteiger partial charge in [-0.25, -0.2) is 4.79 Å². The molecule has 1 aromatic rings. The Morgan fingerprint density at radius 3 is 2.88 bits per heavy atom. The van der Waals surface area contributed by atoms with Crippen LogP contribution >= 0.6 is 0 Å². The van der Waals surface area contributed by atoms with Crippen LogP contribution in [0.3, 0.4) is 0 Å². The highest BCUT2D eigenvalue weighted by Gasteiger charge is 2.24. The minimum Gasteiger partial charge on any atom is -0.478 e. The number of ether oxygens (including phenoxy) is 1. The SMILES string of the molecule is CC1OCCC1Nc1ccc(C(=O)O)c(N)c1. The number of hydrogen-bond acceptors (Lipinski definition) is 4. The second-order valence-electron chi connectivity index (χ2n) is 4.22. The molecule has 1 aromatic carbocycles. The molecule has 5 heteroatoms. The molecule has 4 N–H and O–H groups in total. The minimum atomic E-state index is -1.01. The van der Waals surface area contributed by atoms with Crippen molar-refractivity contribution >= 4 is 17.3 Å². The molecule has 1 heterocycles. The second-order valence-corrected chi connectivity index (χ2v) is 4.22. The Hall–Kier alpha value is -1.75. The number of anilines is 2. The third kappa shape index (κ3) is 2.50. The Morgan fingerprint density at radius 2 is 2.35 bits per heavy atom. The van der Waals surface area contributed by atoms with Crippen LogP contribution in [0.2, 0.25) is 0 Å². The zero-order valence-corrected chi connectivity index (χ0v) is 9.64. The van der Waals surface area contributed by atoms with Crippen LogP contribution in [0.25, 0.3) is 0 Å². The topological polar surface area (TPSA) is 84.6 Å². The van der Waals surface area contributed by atoms with E-state index in [0.29, 0.717) is 0 Å². The van der Waals surface area contributed by atoms with E-state index in [0.717, 1.165) is 18.7 Å². The quantitative estimate of drug-likeness (QED) is 0.693. The monoisotopic (exact) mass is 236 g/mol. The molecule has 0 aliphatic carbocycles. The number of nitrogens with two attached hydrogens (primary N) is 1. The van der Waals surface area contributed by atoms with Gasteiger partial charge in [-0.2, -0.15) is 0 Å². The number of nitrogen functional groups attached to an aromatic ring is 1. The molecule has 0 saturated carbocycles. The summed E-state index contributed by atoms with van der Waals surface area (Å²) in [5.41, 5.74) is 6.91. The molecule has 0 bridgehead atoms. The number of nitrogens with one attached hydrogen (secondary N) is 1. The van der Waals surface area contributed by atoms with Gasteiger partial charge >= 0.3 is 5.97 Å². The molecule has 1 fully saturated rings. The first-order valence-corrected chi connectivity index (χ1v) is 5.59. The average Bonchev–Trinajstić information content (AvgIpc) is 2.64. The lowest BCUT2D eigenvalue weighted by atomic mass is 10.1. The lowest BCUT2D eigenvalue weighted by Gasteiger charge is -2.17. The Kier molecular flexibility index (Phi) is 3.19. The summed E-state index contributed by atoms with van der Waals surface area (Å²) in [5, 5.41) is 12.2. The van der Waals surface area contributed by atoms with E-state index >= 15 is 0 Å². The van der Waals surface area contributed by atoms with Crippen molar-refractivity contribution < 1.29 is 14.6 Å². The highest BCUT2D eigenvalue weighted by molar-refractivity contribution is 5.94. The summed E-state index contributed by atoms with van der Waals surface area (Å²) in [6.45, 7) is 2.77. The van der Waals surface area contributed by atoms with Crippen LogP contribution in [-0.4, -0.2) is 29.8 Å². The van der Waals surface area contributed by atoms with E-state index < -0.39 is 5.97 Å². The maximum Gasteiger partial charge on any atom is 0.337 e. The van der Waals surface area contributed by atoms with Gasteiger partial charge in [0.1, 0.15) is 0 Å². The average molecular weight is 236 g/mol. The van der Waals surface area contributed by atoms with Gasteiger partial charge in [0.2, 0.25) is 0 Å². The molecule has 1 aliphatic heterocycles. The van der Waals surface area contributed by atoms with Crippen molar-refractivity contribution in [1.82, 2.24) is 0 Å².